The predicted molar refractivity (Wildman–Crippen MR) is 56.1 cm³/mol. The van der Waals surface area contributed by atoms with Gasteiger partial charge in [-0.15, -0.1) is 0 Å². The first-order chi connectivity index (χ1) is 6.87. The molecule has 2 heteroatoms. The van der Waals surface area contributed by atoms with Gasteiger partial charge in [0.15, 0.2) is 0 Å². The Kier molecular flexibility index (Phi) is 3.45. The van der Waals surface area contributed by atoms with Crippen LogP contribution in [0.1, 0.15) is 44.9 Å². The zero-order chi connectivity index (χ0) is 9.86. The van der Waals surface area contributed by atoms with Crippen molar-refractivity contribution in [1.82, 2.24) is 0 Å². The van der Waals surface area contributed by atoms with Gasteiger partial charge in [-0.25, -0.2) is 0 Å². The molecule has 0 radical (unpaired) electrons. The largest absolute Gasteiger partial charge is 0.396 e. The summed E-state index contributed by atoms with van der Waals surface area (Å²) >= 11 is 0. The van der Waals surface area contributed by atoms with Crippen LogP contribution in [0.5, 0.6) is 0 Å². The molecule has 1 saturated heterocycles. The minimum absolute atomic E-state index is 0.124. The van der Waals surface area contributed by atoms with E-state index in [1.807, 2.05) is 0 Å². The lowest BCUT2D eigenvalue weighted by Gasteiger charge is -2.43. The third-order valence-electron chi connectivity index (χ3n) is 4.14. The van der Waals surface area contributed by atoms with Crippen LogP contribution in [0.25, 0.3) is 0 Å². The van der Waals surface area contributed by atoms with E-state index in [9.17, 15) is 5.11 Å². The summed E-state index contributed by atoms with van der Waals surface area (Å²) in [5, 5.41) is 9.61. The summed E-state index contributed by atoms with van der Waals surface area (Å²) in [4.78, 5) is 0. The van der Waals surface area contributed by atoms with E-state index in [2.05, 4.69) is 0 Å². The minimum Gasteiger partial charge on any atom is -0.396 e. The normalized spacial score (nSPS) is 35.8. The second-order valence-corrected chi connectivity index (χ2v) is 5.01. The Balaban J connectivity index is 2.01. The molecule has 1 unspecified atom stereocenters. The Morgan fingerprint density at radius 1 is 1.14 bits per heavy atom. The average Bonchev–Trinajstić information content (AvgIpc) is 2.31. The van der Waals surface area contributed by atoms with Gasteiger partial charge in [0.25, 0.3) is 0 Å². The molecule has 0 spiro atoms. The van der Waals surface area contributed by atoms with Crippen molar-refractivity contribution >= 4 is 0 Å². The van der Waals surface area contributed by atoms with Gasteiger partial charge in [0, 0.05) is 12.0 Å². The fraction of sp³-hybridized carbons (Fsp3) is 1.00. The highest BCUT2D eigenvalue weighted by Crippen LogP contribution is 2.43. The van der Waals surface area contributed by atoms with Gasteiger partial charge in [-0.05, 0) is 31.6 Å². The molecule has 2 aliphatic rings. The molecule has 0 bridgehead atoms. The van der Waals surface area contributed by atoms with Gasteiger partial charge in [-0.3, -0.25) is 0 Å². The summed E-state index contributed by atoms with van der Waals surface area (Å²) in [7, 11) is 0. The van der Waals surface area contributed by atoms with Crippen LogP contribution >= 0.6 is 0 Å². The van der Waals surface area contributed by atoms with Crippen LogP contribution in [0, 0.1) is 11.3 Å². The van der Waals surface area contributed by atoms with Gasteiger partial charge in [0.2, 0.25) is 0 Å². The topological polar surface area (TPSA) is 29.5 Å². The van der Waals surface area contributed by atoms with E-state index in [1.165, 1.54) is 38.5 Å². The quantitative estimate of drug-likeness (QED) is 0.738. The second kappa shape index (κ2) is 4.63. The highest BCUT2D eigenvalue weighted by molar-refractivity contribution is 4.89. The molecular formula is C12H22O2. The Hall–Kier alpha value is -0.0800. The molecule has 1 saturated carbocycles. The minimum atomic E-state index is 0.124. The van der Waals surface area contributed by atoms with Crippen LogP contribution in [-0.2, 0) is 4.74 Å². The maximum absolute atomic E-state index is 9.61. The molecule has 2 fully saturated rings. The van der Waals surface area contributed by atoms with Crippen molar-refractivity contribution in [2.75, 3.05) is 19.8 Å². The van der Waals surface area contributed by atoms with Gasteiger partial charge < -0.3 is 9.84 Å². The van der Waals surface area contributed by atoms with Crippen LogP contribution < -0.4 is 0 Å². The molecule has 1 aliphatic carbocycles. The fourth-order valence-corrected chi connectivity index (χ4v) is 3.16. The molecule has 0 aromatic carbocycles. The lowest BCUT2D eigenvalue weighted by Crippen LogP contribution is -2.42. The van der Waals surface area contributed by atoms with Gasteiger partial charge in [0.1, 0.15) is 0 Å². The second-order valence-electron chi connectivity index (χ2n) is 5.01. The van der Waals surface area contributed by atoms with Gasteiger partial charge in [-0.1, -0.05) is 19.3 Å². The van der Waals surface area contributed by atoms with Crippen LogP contribution in [0.4, 0.5) is 0 Å². The highest BCUT2D eigenvalue weighted by Gasteiger charge is 2.40. The van der Waals surface area contributed by atoms with Crippen molar-refractivity contribution in [1.29, 1.82) is 0 Å². The van der Waals surface area contributed by atoms with Gasteiger partial charge in [-0.2, -0.15) is 0 Å². The van der Waals surface area contributed by atoms with Crippen LogP contribution in [0.3, 0.4) is 0 Å². The first-order valence-electron chi connectivity index (χ1n) is 6.06. The standard InChI is InChI=1S/C12H22O2/c13-9-12(7-4-8-14-10-12)11-5-2-1-3-6-11/h11,13H,1-10H2. The molecule has 82 valence electrons. The van der Waals surface area contributed by atoms with Crippen molar-refractivity contribution in [3.8, 4) is 0 Å². The number of hydrogen-bond donors (Lipinski definition) is 1. The van der Waals surface area contributed by atoms with E-state index in [4.69, 9.17) is 4.74 Å². The molecule has 2 nitrogen and oxygen atoms in total. The first kappa shape index (κ1) is 10.4. The third kappa shape index (κ3) is 1.96. The molecule has 14 heavy (non-hydrogen) atoms. The van der Waals surface area contributed by atoms with Crippen LogP contribution in [0.2, 0.25) is 0 Å². The summed E-state index contributed by atoms with van der Waals surface area (Å²) in [6, 6.07) is 0. The van der Waals surface area contributed by atoms with Crippen molar-refractivity contribution < 1.29 is 9.84 Å². The number of ether oxygens (including phenoxy) is 1. The first-order valence-corrected chi connectivity index (χ1v) is 6.06. The van der Waals surface area contributed by atoms with E-state index >= 15 is 0 Å². The summed E-state index contributed by atoms with van der Waals surface area (Å²) in [5.41, 5.74) is 0.124. The predicted octanol–water partition coefficient (Wildman–Crippen LogP) is 2.36. The molecule has 1 atom stereocenters. The van der Waals surface area contributed by atoms with E-state index in [0.29, 0.717) is 6.61 Å². The van der Waals surface area contributed by atoms with Crippen molar-refractivity contribution in [3.63, 3.8) is 0 Å². The molecule has 0 amide bonds. The number of aliphatic hydroxyl groups excluding tert-OH is 1. The van der Waals surface area contributed by atoms with E-state index in [-0.39, 0.29) is 5.41 Å². The summed E-state index contributed by atoms with van der Waals surface area (Å²) in [6.07, 6.45) is 9.02. The average molecular weight is 198 g/mol. The van der Waals surface area contributed by atoms with E-state index in [1.54, 1.807) is 0 Å². The Labute approximate surface area is 86.6 Å². The monoisotopic (exact) mass is 198 g/mol. The number of rotatable bonds is 2. The van der Waals surface area contributed by atoms with E-state index < -0.39 is 0 Å². The van der Waals surface area contributed by atoms with E-state index in [0.717, 1.165) is 25.6 Å². The number of hydrogen-bond acceptors (Lipinski definition) is 2. The Morgan fingerprint density at radius 3 is 2.50 bits per heavy atom. The fourth-order valence-electron chi connectivity index (χ4n) is 3.16. The molecular weight excluding hydrogens is 176 g/mol. The Bertz CT molecular complexity index is 167. The molecule has 1 heterocycles. The van der Waals surface area contributed by atoms with Gasteiger partial charge >= 0.3 is 0 Å². The summed E-state index contributed by atoms with van der Waals surface area (Å²) in [5.74, 6) is 0.724. The molecule has 1 aliphatic heterocycles. The highest BCUT2D eigenvalue weighted by atomic mass is 16.5. The maximum Gasteiger partial charge on any atom is 0.0547 e. The summed E-state index contributed by atoms with van der Waals surface area (Å²) < 4.78 is 5.57. The molecule has 2 rings (SSSR count). The number of aliphatic hydroxyl groups is 1. The molecule has 0 aromatic rings. The summed E-state index contributed by atoms with van der Waals surface area (Å²) in [6.45, 7) is 2.03. The third-order valence-corrected chi connectivity index (χ3v) is 4.14. The van der Waals surface area contributed by atoms with Crippen molar-refractivity contribution in [2.45, 2.75) is 44.9 Å². The van der Waals surface area contributed by atoms with Crippen molar-refractivity contribution in [2.24, 2.45) is 11.3 Å². The van der Waals surface area contributed by atoms with Crippen LogP contribution in [-0.4, -0.2) is 24.9 Å². The lowest BCUT2D eigenvalue weighted by atomic mass is 9.66. The SMILES string of the molecule is OCC1(C2CCCCC2)CCCOC1. The van der Waals surface area contributed by atoms with Gasteiger partial charge in [0.05, 0.1) is 13.2 Å². The smallest absolute Gasteiger partial charge is 0.0547 e. The molecule has 0 aromatic heterocycles. The molecule has 1 N–H and O–H groups in total. The zero-order valence-corrected chi connectivity index (χ0v) is 9.00. The van der Waals surface area contributed by atoms with Crippen LogP contribution in [0.15, 0.2) is 0 Å². The Morgan fingerprint density at radius 2 is 1.93 bits per heavy atom. The maximum atomic E-state index is 9.61. The zero-order valence-electron chi connectivity index (χ0n) is 9.00. The lowest BCUT2D eigenvalue weighted by molar-refractivity contribution is -0.0805. The van der Waals surface area contributed by atoms with Crippen molar-refractivity contribution in [3.05, 3.63) is 0 Å².